The van der Waals surface area contributed by atoms with E-state index >= 15 is 0 Å². The Kier molecular flexibility index (Phi) is 5.24. The summed E-state index contributed by atoms with van der Waals surface area (Å²) in [5.74, 6) is -0.607. The van der Waals surface area contributed by atoms with E-state index in [2.05, 4.69) is 0 Å². The van der Waals surface area contributed by atoms with Crippen molar-refractivity contribution in [2.45, 2.75) is 26.0 Å². The quantitative estimate of drug-likeness (QED) is 0.885. The highest BCUT2D eigenvalue weighted by Gasteiger charge is 2.35. The molecule has 0 unspecified atom stereocenters. The Hall–Kier alpha value is -2.82. The Morgan fingerprint density at radius 3 is 2.17 bits per heavy atom. The van der Waals surface area contributed by atoms with Crippen LogP contribution in [0, 0.1) is 0 Å². The Morgan fingerprint density at radius 2 is 1.62 bits per heavy atom. The number of aliphatic carboxylic acids is 1. The minimum absolute atomic E-state index is 0.335. The van der Waals surface area contributed by atoms with Crippen molar-refractivity contribution in [2.24, 2.45) is 0 Å². The number of ether oxygens (including phenoxy) is 1. The lowest BCUT2D eigenvalue weighted by Crippen LogP contribution is -2.50. The number of carbonyl (C=O) groups excluding carboxylic acids is 1. The molecule has 0 aromatic heterocycles. The number of hydrogen-bond acceptors (Lipinski definition) is 3. The zero-order chi connectivity index (χ0) is 17.7. The lowest BCUT2D eigenvalue weighted by molar-refractivity contribution is -0.147. The number of rotatable bonds is 6. The van der Waals surface area contributed by atoms with Crippen molar-refractivity contribution in [3.8, 4) is 5.75 Å². The Labute approximate surface area is 141 Å². The second-order valence-corrected chi connectivity index (χ2v) is 6.03. The largest absolute Gasteiger partial charge is 0.489 e. The summed E-state index contributed by atoms with van der Waals surface area (Å²) in [6.07, 6.45) is 0. The first kappa shape index (κ1) is 17.5. The van der Waals surface area contributed by atoms with E-state index in [1.807, 2.05) is 30.3 Å². The molecular weight excluding hydrogens is 306 g/mol. The van der Waals surface area contributed by atoms with Gasteiger partial charge in [0.25, 0.3) is 5.91 Å². The SMILES string of the molecule is CN(C(=O)c1ccc(COc2ccccc2)cc1)C(C)(C)C(=O)O. The van der Waals surface area contributed by atoms with Gasteiger partial charge in [-0.25, -0.2) is 4.79 Å². The third-order valence-corrected chi connectivity index (χ3v) is 4.02. The molecule has 2 aromatic carbocycles. The molecule has 0 bridgehead atoms. The highest BCUT2D eigenvalue weighted by Crippen LogP contribution is 2.17. The van der Waals surface area contributed by atoms with Crippen LogP contribution in [-0.4, -0.2) is 34.5 Å². The fraction of sp³-hybridized carbons (Fsp3) is 0.263. The highest BCUT2D eigenvalue weighted by atomic mass is 16.5. The monoisotopic (exact) mass is 327 g/mol. The first-order valence-corrected chi connectivity index (χ1v) is 7.60. The van der Waals surface area contributed by atoms with Crippen molar-refractivity contribution in [1.29, 1.82) is 0 Å². The third kappa shape index (κ3) is 3.93. The van der Waals surface area contributed by atoms with Gasteiger partial charge in [0.2, 0.25) is 0 Å². The molecule has 0 atom stereocenters. The number of benzene rings is 2. The molecule has 2 rings (SSSR count). The second kappa shape index (κ2) is 7.17. The van der Waals surface area contributed by atoms with Crippen LogP contribution in [0.15, 0.2) is 54.6 Å². The fourth-order valence-corrected chi connectivity index (χ4v) is 2.02. The molecule has 0 fully saturated rings. The molecular formula is C19H21NO4. The van der Waals surface area contributed by atoms with Crippen molar-refractivity contribution >= 4 is 11.9 Å². The highest BCUT2D eigenvalue weighted by molar-refractivity contribution is 5.97. The van der Waals surface area contributed by atoms with Crippen molar-refractivity contribution < 1.29 is 19.4 Å². The van der Waals surface area contributed by atoms with Gasteiger partial charge in [-0.1, -0.05) is 30.3 Å². The second-order valence-electron chi connectivity index (χ2n) is 6.03. The van der Waals surface area contributed by atoms with Crippen LogP contribution in [0.2, 0.25) is 0 Å². The molecule has 0 radical (unpaired) electrons. The van der Waals surface area contributed by atoms with E-state index in [9.17, 15) is 14.7 Å². The zero-order valence-electron chi connectivity index (χ0n) is 14.0. The molecule has 0 aliphatic carbocycles. The predicted octanol–water partition coefficient (Wildman–Crippen LogP) is 3.20. The van der Waals surface area contributed by atoms with Gasteiger partial charge < -0.3 is 14.7 Å². The van der Waals surface area contributed by atoms with Crippen molar-refractivity contribution in [2.75, 3.05) is 7.05 Å². The summed E-state index contributed by atoms with van der Waals surface area (Å²) in [6.45, 7) is 3.39. The van der Waals surface area contributed by atoms with E-state index in [4.69, 9.17) is 4.74 Å². The van der Waals surface area contributed by atoms with Crippen LogP contribution in [0.3, 0.4) is 0 Å². The molecule has 0 aliphatic heterocycles. The normalized spacial score (nSPS) is 11.0. The molecule has 24 heavy (non-hydrogen) atoms. The number of amides is 1. The van der Waals surface area contributed by atoms with Gasteiger partial charge in [-0.05, 0) is 43.7 Å². The van der Waals surface area contributed by atoms with Crippen LogP contribution in [0.5, 0.6) is 5.75 Å². The van der Waals surface area contributed by atoms with E-state index in [0.29, 0.717) is 12.2 Å². The molecule has 2 aromatic rings. The van der Waals surface area contributed by atoms with E-state index in [0.717, 1.165) is 11.3 Å². The van der Waals surface area contributed by atoms with E-state index in [1.165, 1.54) is 25.8 Å². The van der Waals surface area contributed by atoms with Gasteiger partial charge in [-0.15, -0.1) is 0 Å². The maximum atomic E-state index is 12.4. The number of likely N-dealkylation sites (N-methyl/N-ethyl adjacent to an activating group) is 1. The predicted molar refractivity (Wildman–Crippen MR) is 91.0 cm³/mol. The molecule has 0 saturated carbocycles. The molecule has 126 valence electrons. The Balaban J connectivity index is 2.03. The van der Waals surface area contributed by atoms with E-state index in [1.54, 1.807) is 24.3 Å². The molecule has 0 saturated heterocycles. The Bertz CT molecular complexity index is 708. The molecule has 5 heteroatoms. The van der Waals surface area contributed by atoms with Gasteiger partial charge in [0.05, 0.1) is 0 Å². The minimum Gasteiger partial charge on any atom is -0.489 e. The minimum atomic E-state index is -1.27. The van der Waals surface area contributed by atoms with Crippen LogP contribution in [0.4, 0.5) is 0 Å². The maximum Gasteiger partial charge on any atom is 0.329 e. The number of hydrogen-bond donors (Lipinski definition) is 1. The molecule has 1 amide bonds. The summed E-state index contributed by atoms with van der Waals surface area (Å²) in [4.78, 5) is 24.9. The van der Waals surface area contributed by atoms with Crippen molar-refractivity contribution in [1.82, 2.24) is 4.90 Å². The average molecular weight is 327 g/mol. The summed E-state index contributed by atoms with van der Waals surface area (Å²) in [5.41, 5.74) is 0.0949. The third-order valence-electron chi connectivity index (χ3n) is 4.02. The summed E-state index contributed by atoms with van der Waals surface area (Å²) in [5, 5.41) is 9.22. The summed E-state index contributed by atoms with van der Waals surface area (Å²) in [6, 6.07) is 16.4. The zero-order valence-corrected chi connectivity index (χ0v) is 14.0. The van der Waals surface area contributed by atoms with Gasteiger partial charge in [0.1, 0.15) is 17.9 Å². The van der Waals surface area contributed by atoms with Crippen molar-refractivity contribution in [3.63, 3.8) is 0 Å². The lowest BCUT2D eigenvalue weighted by Gasteiger charge is -2.31. The summed E-state index contributed by atoms with van der Waals surface area (Å²) < 4.78 is 5.65. The summed E-state index contributed by atoms with van der Waals surface area (Å²) in [7, 11) is 1.49. The molecule has 0 aliphatic rings. The molecule has 0 spiro atoms. The van der Waals surface area contributed by atoms with E-state index < -0.39 is 11.5 Å². The Morgan fingerprint density at radius 1 is 1.04 bits per heavy atom. The van der Waals surface area contributed by atoms with Crippen LogP contribution in [-0.2, 0) is 11.4 Å². The fourth-order valence-electron chi connectivity index (χ4n) is 2.02. The number of carboxylic acid groups (broad SMARTS) is 1. The summed E-state index contributed by atoms with van der Waals surface area (Å²) >= 11 is 0. The molecule has 1 N–H and O–H groups in total. The smallest absolute Gasteiger partial charge is 0.329 e. The number of carbonyl (C=O) groups is 2. The van der Waals surface area contributed by atoms with Crippen LogP contribution in [0.1, 0.15) is 29.8 Å². The van der Waals surface area contributed by atoms with Gasteiger partial charge in [-0.3, -0.25) is 4.79 Å². The molecule has 0 heterocycles. The number of carboxylic acids is 1. The number of para-hydroxylation sites is 1. The molecule has 5 nitrogen and oxygen atoms in total. The van der Waals surface area contributed by atoms with E-state index in [-0.39, 0.29) is 5.91 Å². The van der Waals surface area contributed by atoms with Gasteiger partial charge >= 0.3 is 5.97 Å². The first-order chi connectivity index (χ1) is 11.3. The number of nitrogens with zero attached hydrogens (tertiary/aromatic N) is 1. The van der Waals surface area contributed by atoms with Crippen LogP contribution < -0.4 is 4.74 Å². The van der Waals surface area contributed by atoms with Gasteiger partial charge in [-0.2, -0.15) is 0 Å². The average Bonchev–Trinajstić information content (AvgIpc) is 2.60. The van der Waals surface area contributed by atoms with Crippen molar-refractivity contribution in [3.05, 3.63) is 65.7 Å². The topological polar surface area (TPSA) is 66.8 Å². The first-order valence-electron chi connectivity index (χ1n) is 7.60. The lowest BCUT2D eigenvalue weighted by atomic mass is 10.0. The van der Waals surface area contributed by atoms with Crippen LogP contribution >= 0.6 is 0 Å². The van der Waals surface area contributed by atoms with Gasteiger partial charge in [0.15, 0.2) is 0 Å². The standard InChI is InChI=1S/C19H21NO4/c1-19(2,18(22)23)20(3)17(21)15-11-9-14(10-12-15)13-24-16-7-5-4-6-8-16/h4-12H,13H2,1-3H3,(H,22,23). The van der Waals surface area contributed by atoms with Gasteiger partial charge in [0, 0.05) is 12.6 Å². The maximum absolute atomic E-state index is 12.4. The van der Waals surface area contributed by atoms with Crippen LogP contribution in [0.25, 0.3) is 0 Å².